The topological polar surface area (TPSA) is 52.6 Å². The van der Waals surface area contributed by atoms with Gasteiger partial charge in [-0.1, -0.05) is 0 Å². The molecule has 0 aliphatic rings. The number of hydrogen-bond acceptors (Lipinski definition) is 4. The first-order chi connectivity index (χ1) is 6.69. The first-order valence-corrected chi connectivity index (χ1v) is 4.74. The summed E-state index contributed by atoms with van der Waals surface area (Å²) in [6.45, 7) is 0. The van der Waals surface area contributed by atoms with Crippen molar-refractivity contribution in [3.8, 4) is 0 Å². The molecular formula is C8H4Br2O4. The summed E-state index contributed by atoms with van der Waals surface area (Å²) in [7, 11) is 0. The van der Waals surface area contributed by atoms with E-state index in [1.54, 1.807) is 0 Å². The van der Waals surface area contributed by atoms with Gasteiger partial charge in [0.15, 0.2) is 32.5 Å². The highest BCUT2D eigenvalue weighted by Gasteiger charge is 2.09. The van der Waals surface area contributed by atoms with Gasteiger partial charge in [0, 0.05) is 0 Å². The molecule has 0 saturated carbocycles. The number of hydrogen-bond donors (Lipinski definition) is 0. The normalized spacial score (nSPS) is 9.29. The van der Waals surface area contributed by atoms with E-state index in [1.165, 1.54) is 24.3 Å². The second-order valence-electron chi connectivity index (χ2n) is 2.31. The van der Waals surface area contributed by atoms with Crippen LogP contribution in [0.3, 0.4) is 0 Å². The van der Waals surface area contributed by atoms with Crippen molar-refractivity contribution in [1.82, 2.24) is 0 Å². The maximum Gasteiger partial charge on any atom is 0.349 e. The smallest absolute Gasteiger partial charge is 0.349 e. The summed E-state index contributed by atoms with van der Waals surface area (Å²) in [5.74, 6) is -1.05. The molecule has 0 amide bonds. The van der Waals surface area contributed by atoms with Gasteiger partial charge in [0.1, 0.15) is 0 Å². The maximum absolute atomic E-state index is 11.0. The molecule has 74 valence electrons. The highest BCUT2D eigenvalue weighted by Crippen LogP contribution is 2.09. The van der Waals surface area contributed by atoms with Crippen molar-refractivity contribution in [2.75, 3.05) is 0 Å². The zero-order chi connectivity index (χ0) is 10.6. The van der Waals surface area contributed by atoms with Gasteiger partial charge in [-0.3, -0.25) is 0 Å². The Kier molecular flexibility index (Phi) is 4.09. The van der Waals surface area contributed by atoms with Gasteiger partial charge in [-0.15, -0.1) is 0 Å². The summed E-state index contributed by atoms with van der Waals surface area (Å²) >= 11 is 5.13. The molecule has 0 radical (unpaired) electrons. The van der Waals surface area contributed by atoms with Gasteiger partial charge in [0.2, 0.25) is 0 Å². The zero-order valence-corrected chi connectivity index (χ0v) is 9.87. The van der Waals surface area contributed by atoms with Crippen LogP contribution in [0.2, 0.25) is 0 Å². The molecule has 0 N–H and O–H groups in total. The third kappa shape index (κ3) is 2.55. The molecule has 0 saturated heterocycles. The summed E-state index contributed by atoms with van der Waals surface area (Å²) in [6, 6.07) is 5.84. The van der Waals surface area contributed by atoms with Gasteiger partial charge >= 0.3 is 11.9 Å². The fourth-order valence-corrected chi connectivity index (χ4v) is 1.21. The summed E-state index contributed by atoms with van der Waals surface area (Å²) in [4.78, 5) is 21.9. The van der Waals surface area contributed by atoms with Crippen molar-refractivity contribution in [1.29, 1.82) is 0 Å². The van der Waals surface area contributed by atoms with E-state index in [9.17, 15) is 9.59 Å². The van der Waals surface area contributed by atoms with Crippen LogP contribution in [0.15, 0.2) is 24.3 Å². The van der Waals surface area contributed by atoms with E-state index in [4.69, 9.17) is 0 Å². The van der Waals surface area contributed by atoms with Gasteiger partial charge in [0.25, 0.3) is 0 Å². The molecular weight excluding hydrogens is 320 g/mol. The lowest BCUT2D eigenvalue weighted by Gasteiger charge is -1.98. The third-order valence-corrected chi connectivity index (χ3v) is 2.08. The predicted molar refractivity (Wildman–Crippen MR) is 55.1 cm³/mol. The first-order valence-electron chi connectivity index (χ1n) is 3.45. The van der Waals surface area contributed by atoms with Crippen LogP contribution in [-0.2, 0) is 7.66 Å². The minimum Gasteiger partial charge on any atom is -0.380 e. The van der Waals surface area contributed by atoms with Gasteiger partial charge in [0.05, 0.1) is 11.1 Å². The van der Waals surface area contributed by atoms with Crippen LogP contribution in [0.25, 0.3) is 0 Å². The van der Waals surface area contributed by atoms with Gasteiger partial charge < -0.3 is 7.66 Å². The number of rotatable bonds is 2. The Labute approximate surface area is 97.1 Å². The van der Waals surface area contributed by atoms with Gasteiger partial charge in [-0.2, -0.15) is 0 Å². The lowest BCUT2D eigenvalue weighted by Crippen LogP contribution is -2.01. The fourth-order valence-electron chi connectivity index (χ4n) is 0.831. The second kappa shape index (κ2) is 5.11. The number of benzene rings is 1. The van der Waals surface area contributed by atoms with Crippen molar-refractivity contribution in [2.45, 2.75) is 0 Å². The van der Waals surface area contributed by atoms with Crippen LogP contribution >= 0.6 is 32.5 Å². The largest absolute Gasteiger partial charge is 0.380 e. The summed E-state index contributed by atoms with van der Waals surface area (Å²) in [6.07, 6.45) is 0. The van der Waals surface area contributed by atoms with Crippen molar-refractivity contribution in [3.63, 3.8) is 0 Å². The van der Waals surface area contributed by atoms with E-state index in [0.717, 1.165) is 0 Å². The molecule has 1 aromatic rings. The third-order valence-electron chi connectivity index (χ3n) is 1.50. The van der Waals surface area contributed by atoms with E-state index in [0.29, 0.717) is 11.1 Å². The Morgan fingerprint density at radius 3 is 1.36 bits per heavy atom. The molecule has 1 aromatic carbocycles. The van der Waals surface area contributed by atoms with Crippen molar-refractivity contribution >= 4 is 44.5 Å². The lowest BCUT2D eigenvalue weighted by atomic mass is 10.1. The molecule has 0 aromatic heterocycles. The minimum absolute atomic E-state index is 0.341. The van der Waals surface area contributed by atoms with E-state index in [2.05, 4.69) is 40.2 Å². The molecule has 1 rings (SSSR count). The van der Waals surface area contributed by atoms with Crippen LogP contribution in [-0.4, -0.2) is 11.9 Å². The highest BCUT2D eigenvalue weighted by atomic mass is 79.9. The average molecular weight is 324 g/mol. The van der Waals surface area contributed by atoms with E-state index in [-0.39, 0.29) is 0 Å². The monoisotopic (exact) mass is 322 g/mol. The quantitative estimate of drug-likeness (QED) is 0.839. The SMILES string of the molecule is O=C(OBr)c1ccc(C(=O)OBr)cc1. The van der Waals surface area contributed by atoms with E-state index >= 15 is 0 Å². The van der Waals surface area contributed by atoms with Crippen molar-refractivity contribution in [2.24, 2.45) is 0 Å². The summed E-state index contributed by atoms with van der Waals surface area (Å²) < 4.78 is 8.62. The van der Waals surface area contributed by atoms with Crippen LogP contribution in [0.4, 0.5) is 0 Å². The predicted octanol–water partition coefficient (Wildman–Crippen LogP) is 2.62. The molecule has 0 aliphatic carbocycles. The number of halogens is 2. The standard InChI is InChI=1S/C8H4Br2O4/c9-13-7(11)5-1-2-6(4-3-5)8(12)14-10/h1-4H. The molecule has 6 heteroatoms. The number of carbonyl (C=O) groups excluding carboxylic acids is 2. The molecule has 0 unspecified atom stereocenters. The molecule has 4 nitrogen and oxygen atoms in total. The van der Waals surface area contributed by atoms with Crippen LogP contribution in [0, 0.1) is 0 Å². The number of carbonyl (C=O) groups is 2. The molecule has 14 heavy (non-hydrogen) atoms. The molecule has 0 fully saturated rings. The Hall–Kier alpha value is -0.880. The maximum atomic E-state index is 11.0. The average Bonchev–Trinajstić information content (AvgIpc) is 2.27. The molecule has 0 bridgehead atoms. The fraction of sp³-hybridized carbons (Fsp3) is 0. The highest BCUT2D eigenvalue weighted by molar-refractivity contribution is 9.06. The Morgan fingerprint density at radius 1 is 0.857 bits per heavy atom. The summed E-state index contributed by atoms with van der Waals surface area (Å²) in [5, 5.41) is 0. The lowest BCUT2D eigenvalue weighted by molar-refractivity contribution is 0.0767. The van der Waals surface area contributed by atoms with Crippen LogP contribution in [0.1, 0.15) is 20.7 Å². The minimum atomic E-state index is -0.524. The Balaban J connectivity index is 2.89. The van der Waals surface area contributed by atoms with Crippen LogP contribution < -0.4 is 0 Å². The van der Waals surface area contributed by atoms with Crippen molar-refractivity contribution < 1.29 is 17.2 Å². The van der Waals surface area contributed by atoms with Crippen molar-refractivity contribution in [3.05, 3.63) is 35.4 Å². The summed E-state index contributed by atoms with van der Waals surface area (Å²) in [5.41, 5.74) is 0.681. The molecule has 0 heterocycles. The van der Waals surface area contributed by atoms with E-state index in [1.807, 2.05) is 0 Å². The second-order valence-corrected chi connectivity index (χ2v) is 2.95. The Morgan fingerprint density at radius 2 is 1.14 bits per heavy atom. The Bertz CT molecular complexity index is 312. The molecule has 0 aliphatic heterocycles. The molecule has 0 atom stereocenters. The first kappa shape index (κ1) is 11.2. The molecule has 0 spiro atoms. The zero-order valence-electron chi connectivity index (χ0n) is 6.70. The van der Waals surface area contributed by atoms with E-state index < -0.39 is 11.9 Å². The van der Waals surface area contributed by atoms with Gasteiger partial charge in [-0.05, 0) is 24.3 Å². The van der Waals surface area contributed by atoms with Crippen LogP contribution in [0.5, 0.6) is 0 Å². The van der Waals surface area contributed by atoms with Gasteiger partial charge in [-0.25, -0.2) is 9.59 Å².